The van der Waals surface area contributed by atoms with Gasteiger partial charge in [0.15, 0.2) is 0 Å². The third kappa shape index (κ3) is 6.24. The minimum atomic E-state index is -1.04. The molecule has 2 aromatic rings. The number of nitrogens with zero attached hydrogens (tertiary/aromatic N) is 1. The number of ketones is 1. The first kappa shape index (κ1) is 21.2. The highest BCUT2D eigenvalue weighted by atomic mass is 16.4. The van der Waals surface area contributed by atoms with E-state index in [1.165, 1.54) is 11.1 Å². The van der Waals surface area contributed by atoms with Crippen LogP contribution >= 0.6 is 0 Å². The topological polar surface area (TPSA) is 69.6 Å². The van der Waals surface area contributed by atoms with E-state index in [4.69, 9.17) is 5.11 Å². The van der Waals surface area contributed by atoms with Gasteiger partial charge < -0.3 is 10.4 Å². The predicted octanol–water partition coefficient (Wildman–Crippen LogP) is 3.65. The molecule has 1 aliphatic heterocycles. The fraction of sp³-hybridized carbons (Fsp3) is 0.417. The van der Waals surface area contributed by atoms with Crippen molar-refractivity contribution in [2.45, 2.75) is 44.2 Å². The van der Waals surface area contributed by atoms with Gasteiger partial charge in [-0.15, -0.1) is 0 Å². The van der Waals surface area contributed by atoms with Gasteiger partial charge in [-0.1, -0.05) is 60.7 Å². The van der Waals surface area contributed by atoms with Gasteiger partial charge in [0.1, 0.15) is 12.2 Å². The minimum absolute atomic E-state index is 0.164. The number of Topliss-reactive ketones (excluding diaryl/α,β-unsaturated/α-hetero) is 1. The highest BCUT2D eigenvalue weighted by molar-refractivity contribution is 5.94. The first-order valence-corrected chi connectivity index (χ1v) is 10.4. The van der Waals surface area contributed by atoms with E-state index < -0.39 is 5.97 Å². The van der Waals surface area contributed by atoms with Crippen molar-refractivity contribution in [2.75, 3.05) is 19.6 Å². The molecule has 5 heteroatoms. The van der Waals surface area contributed by atoms with E-state index in [1.807, 2.05) is 12.1 Å². The molecule has 29 heavy (non-hydrogen) atoms. The van der Waals surface area contributed by atoms with Crippen LogP contribution in [0.5, 0.6) is 0 Å². The molecule has 1 heterocycles. The second-order valence-electron chi connectivity index (χ2n) is 7.67. The number of aliphatic carboxylic acids is 1. The Morgan fingerprint density at radius 2 is 1.66 bits per heavy atom. The van der Waals surface area contributed by atoms with E-state index in [9.17, 15) is 9.59 Å². The molecule has 3 rings (SSSR count). The smallest absolute Gasteiger partial charge is 0.310 e. The van der Waals surface area contributed by atoms with Crippen LogP contribution in [0.1, 0.15) is 49.3 Å². The normalized spacial score (nSPS) is 17.8. The molecule has 1 saturated heterocycles. The average Bonchev–Trinajstić information content (AvgIpc) is 2.95. The molecule has 1 aliphatic rings. The molecule has 5 nitrogen and oxygen atoms in total. The Labute approximate surface area is 172 Å². The van der Waals surface area contributed by atoms with Crippen molar-refractivity contribution < 1.29 is 14.7 Å². The van der Waals surface area contributed by atoms with Crippen molar-refractivity contribution in [2.24, 2.45) is 0 Å². The summed E-state index contributed by atoms with van der Waals surface area (Å²) >= 11 is 0. The number of carbonyl (C=O) groups is 2. The van der Waals surface area contributed by atoms with Crippen molar-refractivity contribution in [1.29, 1.82) is 0 Å². The molecule has 0 amide bonds. The summed E-state index contributed by atoms with van der Waals surface area (Å²) in [5.41, 5.74) is 2.54. The maximum atomic E-state index is 11.8. The first-order valence-electron chi connectivity index (χ1n) is 10.4. The van der Waals surface area contributed by atoms with Crippen LogP contribution in [-0.4, -0.2) is 47.4 Å². The molecule has 1 atom stereocenters. The van der Waals surface area contributed by atoms with Crippen LogP contribution in [0.4, 0.5) is 0 Å². The lowest BCUT2D eigenvalue weighted by Gasteiger charge is -2.37. The number of hydrogen-bond acceptors (Lipinski definition) is 4. The Hall–Kier alpha value is -2.50. The van der Waals surface area contributed by atoms with Gasteiger partial charge in [0.25, 0.3) is 0 Å². The summed E-state index contributed by atoms with van der Waals surface area (Å²) in [5.74, 6) is -1.23. The lowest BCUT2D eigenvalue weighted by atomic mass is 9.94. The van der Waals surface area contributed by atoms with Crippen LogP contribution in [0, 0.1) is 0 Å². The standard InChI is InChI=1S/C24H30N2O3/c27-22(17-23(28)29)14-7-13-21-18-25-15-8-16-26(21)24(19-9-3-1-4-10-19)20-11-5-2-6-12-20/h1-6,9-12,21,24-25H,7-8,13-18H2,(H,28,29). The van der Waals surface area contributed by atoms with E-state index >= 15 is 0 Å². The molecule has 1 unspecified atom stereocenters. The predicted molar refractivity (Wildman–Crippen MR) is 114 cm³/mol. The quantitative estimate of drug-likeness (QED) is 0.636. The van der Waals surface area contributed by atoms with E-state index in [0.717, 1.165) is 32.5 Å². The number of carboxylic acid groups (broad SMARTS) is 1. The lowest BCUT2D eigenvalue weighted by molar-refractivity contribution is -0.140. The summed E-state index contributed by atoms with van der Waals surface area (Å²) in [6.45, 7) is 2.85. The summed E-state index contributed by atoms with van der Waals surface area (Å²) in [7, 11) is 0. The molecule has 0 saturated carbocycles. The minimum Gasteiger partial charge on any atom is -0.481 e. The second kappa shape index (κ2) is 10.9. The maximum Gasteiger partial charge on any atom is 0.310 e. The molecular formula is C24H30N2O3. The molecule has 0 bridgehead atoms. The van der Waals surface area contributed by atoms with Crippen molar-refractivity contribution in [3.8, 4) is 0 Å². The van der Waals surface area contributed by atoms with Crippen LogP contribution in [-0.2, 0) is 9.59 Å². The molecule has 154 valence electrons. The summed E-state index contributed by atoms with van der Waals surface area (Å²) in [5, 5.41) is 12.3. The van der Waals surface area contributed by atoms with Crippen LogP contribution in [0.3, 0.4) is 0 Å². The largest absolute Gasteiger partial charge is 0.481 e. The van der Waals surface area contributed by atoms with Gasteiger partial charge in [0.05, 0.1) is 6.04 Å². The van der Waals surface area contributed by atoms with Gasteiger partial charge in [-0.25, -0.2) is 0 Å². The zero-order valence-electron chi connectivity index (χ0n) is 16.8. The third-order valence-electron chi connectivity index (χ3n) is 5.52. The molecule has 0 spiro atoms. The van der Waals surface area contributed by atoms with Crippen molar-refractivity contribution in [3.05, 3.63) is 71.8 Å². The van der Waals surface area contributed by atoms with E-state index in [-0.39, 0.29) is 18.2 Å². The van der Waals surface area contributed by atoms with Crippen LogP contribution < -0.4 is 5.32 Å². The molecule has 1 fully saturated rings. The molecule has 2 aromatic carbocycles. The molecule has 0 aromatic heterocycles. The van der Waals surface area contributed by atoms with Crippen molar-refractivity contribution >= 4 is 11.8 Å². The number of carboxylic acids is 1. The monoisotopic (exact) mass is 394 g/mol. The van der Waals surface area contributed by atoms with E-state index in [2.05, 4.69) is 58.7 Å². The first-order chi connectivity index (χ1) is 14.1. The Morgan fingerprint density at radius 1 is 1.03 bits per heavy atom. The third-order valence-corrected chi connectivity index (χ3v) is 5.52. The van der Waals surface area contributed by atoms with E-state index in [0.29, 0.717) is 18.9 Å². The maximum absolute atomic E-state index is 11.8. The van der Waals surface area contributed by atoms with Crippen LogP contribution in [0.2, 0.25) is 0 Å². The zero-order chi connectivity index (χ0) is 20.5. The zero-order valence-corrected chi connectivity index (χ0v) is 16.8. The fourth-order valence-electron chi connectivity index (χ4n) is 4.20. The van der Waals surface area contributed by atoms with Crippen molar-refractivity contribution in [1.82, 2.24) is 10.2 Å². The summed E-state index contributed by atoms with van der Waals surface area (Å²) in [6, 6.07) is 21.6. The number of nitrogens with one attached hydrogen (secondary N) is 1. The Bertz CT molecular complexity index is 740. The molecule has 0 radical (unpaired) electrons. The van der Waals surface area contributed by atoms with Gasteiger partial charge in [0, 0.05) is 25.6 Å². The number of rotatable bonds is 9. The average molecular weight is 395 g/mol. The SMILES string of the molecule is O=C(O)CC(=O)CCCC1CNCCCN1C(c1ccccc1)c1ccccc1. The summed E-state index contributed by atoms with van der Waals surface area (Å²) in [6.07, 6.45) is 2.62. The van der Waals surface area contributed by atoms with Gasteiger partial charge in [-0.2, -0.15) is 0 Å². The Balaban J connectivity index is 1.79. The molecule has 2 N–H and O–H groups in total. The van der Waals surface area contributed by atoms with Gasteiger partial charge in [-0.05, 0) is 36.9 Å². The highest BCUT2D eigenvalue weighted by Crippen LogP contribution is 2.32. The summed E-state index contributed by atoms with van der Waals surface area (Å²) in [4.78, 5) is 25.1. The number of hydrogen-bond donors (Lipinski definition) is 2. The second-order valence-corrected chi connectivity index (χ2v) is 7.67. The van der Waals surface area contributed by atoms with Gasteiger partial charge >= 0.3 is 5.97 Å². The van der Waals surface area contributed by atoms with Crippen molar-refractivity contribution in [3.63, 3.8) is 0 Å². The summed E-state index contributed by atoms with van der Waals surface area (Å²) < 4.78 is 0. The molecule has 0 aliphatic carbocycles. The highest BCUT2D eigenvalue weighted by Gasteiger charge is 2.29. The lowest BCUT2D eigenvalue weighted by Crippen LogP contribution is -2.42. The number of benzene rings is 2. The molecular weight excluding hydrogens is 364 g/mol. The fourth-order valence-corrected chi connectivity index (χ4v) is 4.20. The number of carbonyl (C=O) groups excluding carboxylic acids is 1. The van der Waals surface area contributed by atoms with Crippen LogP contribution in [0.25, 0.3) is 0 Å². The Kier molecular flexibility index (Phi) is 7.96. The Morgan fingerprint density at radius 3 is 2.24 bits per heavy atom. The van der Waals surface area contributed by atoms with Gasteiger partial charge in [-0.3, -0.25) is 14.5 Å². The van der Waals surface area contributed by atoms with Gasteiger partial charge in [0.2, 0.25) is 0 Å². The van der Waals surface area contributed by atoms with Crippen LogP contribution in [0.15, 0.2) is 60.7 Å². The van der Waals surface area contributed by atoms with E-state index in [1.54, 1.807) is 0 Å².